The van der Waals surface area contributed by atoms with Gasteiger partial charge in [0.15, 0.2) is 5.65 Å². The number of carbonyl (C=O) groups excluding carboxylic acids is 1. The molecule has 3 aromatic rings. The van der Waals surface area contributed by atoms with Gasteiger partial charge in [-0.3, -0.25) is 0 Å². The SMILES string of the molecule is O=C(NCc1nc2ncc(Br)cc2[nH]1)OCc1ccccc1. The predicted molar refractivity (Wildman–Crippen MR) is 85.1 cm³/mol. The van der Waals surface area contributed by atoms with E-state index < -0.39 is 6.09 Å². The molecular weight excluding hydrogens is 348 g/mol. The van der Waals surface area contributed by atoms with Gasteiger partial charge < -0.3 is 15.0 Å². The summed E-state index contributed by atoms with van der Waals surface area (Å²) in [7, 11) is 0. The van der Waals surface area contributed by atoms with E-state index in [-0.39, 0.29) is 13.2 Å². The summed E-state index contributed by atoms with van der Waals surface area (Å²) in [6, 6.07) is 11.4. The Kier molecular flexibility index (Phi) is 4.34. The van der Waals surface area contributed by atoms with E-state index in [2.05, 4.69) is 36.2 Å². The largest absolute Gasteiger partial charge is 0.445 e. The second-order valence-electron chi connectivity index (χ2n) is 4.62. The lowest BCUT2D eigenvalue weighted by Crippen LogP contribution is -2.24. The number of imidazole rings is 1. The van der Waals surface area contributed by atoms with Crippen LogP contribution in [-0.2, 0) is 17.9 Å². The van der Waals surface area contributed by atoms with Crippen LogP contribution in [0, 0.1) is 0 Å². The second-order valence-corrected chi connectivity index (χ2v) is 5.54. The van der Waals surface area contributed by atoms with Crippen LogP contribution in [0.4, 0.5) is 4.79 Å². The normalized spacial score (nSPS) is 10.6. The number of aromatic nitrogens is 3. The molecule has 0 fully saturated rings. The number of hydrogen-bond acceptors (Lipinski definition) is 4. The third kappa shape index (κ3) is 3.62. The minimum absolute atomic E-state index is 0.237. The van der Waals surface area contributed by atoms with Crippen LogP contribution in [0.2, 0.25) is 0 Å². The first-order valence-corrected chi connectivity index (χ1v) is 7.45. The number of halogens is 1. The van der Waals surface area contributed by atoms with Crippen molar-refractivity contribution >= 4 is 33.2 Å². The van der Waals surface area contributed by atoms with Gasteiger partial charge in [0.1, 0.15) is 12.4 Å². The number of hydrogen-bond donors (Lipinski definition) is 2. The molecule has 1 aromatic carbocycles. The van der Waals surface area contributed by atoms with Crippen LogP contribution in [-0.4, -0.2) is 21.0 Å². The topological polar surface area (TPSA) is 79.9 Å². The Bertz CT molecular complexity index is 789. The third-order valence-electron chi connectivity index (χ3n) is 2.97. The number of nitrogens with zero attached hydrogens (tertiary/aromatic N) is 2. The molecule has 1 amide bonds. The molecule has 0 aliphatic rings. The highest BCUT2D eigenvalue weighted by atomic mass is 79.9. The highest BCUT2D eigenvalue weighted by Crippen LogP contribution is 2.14. The quantitative estimate of drug-likeness (QED) is 0.748. The van der Waals surface area contributed by atoms with Crippen LogP contribution in [0.25, 0.3) is 11.2 Å². The molecule has 7 heteroatoms. The van der Waals surface area contributed by atoms with Crippen molar-refractivity contribution in [3.05, 3.63) is 58.5 Å². The summed E-state index contributed by atoms with van der Waals surface area (Å²) < 4.78 is 5.99. The molecule has 3 rings (SSSR count). The van der Waals surface area contributed by atoms with E-state index in [1.807, 2.05) is 36.4 Å². The highest BCUT2D eigenvalue weighted by Gasteiger charge is 2.07. The number of benzene rings is 1. The first-order chi connectivity index (χ1) is 10.7. The molecule has 0 saturated heterocycles. The van der Waals surface area contributed by atoms with Gasteiger partial charge in [-0.2, -0.15) is 0 Å². The maximum Gasteiger partial charge on any atom is 0.407 e. The van der Waals surface area contributed by atoms with E-state index in [0.29, 0.717) is 11.5 Å². The zero-order valence-corrected chi connectivity index (χ0v) is 13.1. The van der Waals surface area contributed by atoms with Crippen molar-refractivity contribution in [2.24, 2.45) is 0 Å². The molecule has 0 spiro atoms. The Morgan fingerprint density at radius 2 is 2.14 bits per heavy atom. The van der Waals surface area contributed by atoms with Gasteiger partial charge in [0.25, 0.3) is 0 Å². The molecule has 2 N–H and O–H groups in total. The minimum Gasteiger partial charge on any atom is -0.445 e. The number of aromatic amines is 1. The Hall–Kier alpha value is -2.41. The van der Waals surface area contributed by atoms with Crippen molar-refractivity contribution in [2.75, 3.05) is 0 Å². The van der Waals surface area contributed by atoms with Crippen LogP contribution in [0.3, 0.4) is 0 Å². The average molecular weight is 361 g/mol. The zero-order valence-electron chi connectivity index (χ0n) is 11.5. The lowest BCUT2D eigenvalue weighted by molar-refractivity contribution is 0.139. The molecule has 0 radical (unpaired) electrons. The fourth-order valence-electron chi connectivity index (χ4n) is 1.94. The standard InChI is InChI=1S/C15H13BrN4O2/c16-11-6-12-14(17-7-11)20-13(19-12)8-18-15(21)22-9-10-4-2-1-3-5-10/h1-7H,8-9H2,(H,18,21)(H,17,19,20). The van der Waals surface area contributed by atoms with Crippen LogP contribution in [0.15, 0.2) is 47.1 Å². The summed E-state index contributed by atoms with van der Waals surface area (Å²) in [5.74, 6) is 0.622. The summed E-state index contributed by atoms with van der Waals surface area (Å²) in [4.78, 5) is 23.2. The molecule has 0 aliphatic heterocycles. The third-order valence-corrected chi connectivity index (χ3v) is 3.40. The Morgan fingerprint density at radius 1 is 1.32 bits per heavy atom. The second kappa shape index (κ2) is 6.57. The molecule has 0 bridgehead atoms. The maximum atomic E-state index is 11.7. The fourth-order valence-corrected chi connectivity index (χ4v) is 2.27. The maximum absolute atomic E-state index is 11.7. The van der Waals surface area contributed by atoms with Gasteiger partial charge in [0.2, 0.25) is 0 Å². The van der Waals surface area contributed by atoms with Crippen molar-refractivity contribution in [3.8, 4) is 0 Å². The lowest BCUT2D eigenvalue weighted by atomic mass is 10.2. The van der Waals surface area contributed by atoms with Gasteiger partial charge in [0.05, 0.1) is 12.1 Å². The Labute approximate surface area is 135 Å². The summed E-state index contributed by atoms with van der Waals surface area (Å²) in [5, 5.41) is 2.65. The van der Waals surface area contributed by atoms with Gasteiger partial charge in [-0.1, -0.05) is 30.3 Å². The molecule has 22 heavy (non-hydrogen) atoms. The fraction of sp³-hybridized carbons (Fsp3) is 0.133. The van der Waals surface area contributed by atoms with Crippen molar-refractivity contribution in [3.63, 3.8) is 0 Å². The van der Waals surface area contributed by atoms with E-state index in [4.69, 9.17) is 4.74 Å². The van der Waals surface area contributed by atoms with E-state index in [1.54, 1.807) is 6.20 Å². The number of ether oxygens (including phenoxy) is 1. The van der Waals surface area contributed by atoms with Gasteiger partial charge in [-0.15, -0.1) is 0 Å². The zero-order chi connectivity index (χ0) is 15.4. The lowest BCUT2D eigenvalue weighted by Gasteiger charge is -2.05. The monoisotopic (exact) mass is 360 g/mol. The molecule has 0 aliphatic carbocycles. The summed E-state index contributed by atoms with van der Waals surface area (Å²) in [5.41, 5.74) is 2.36. The first-order valence-electron chi connectivity index (χ1n) is 6.65. The van der Waals surface area contributed by atoms with E-state index in [9.17, 15) is 4.79 Å². The van der Waals surface area contributed by atoms with Crippen LogP contribution >= 0.6 is 15.9 Å². The number of amides is 1. The summed E-state index contributed by atoms with van der Waals surface area (Å²) in [6.45, 7) is 0.489. The van der Waals surface area contributed by atoms with Crippen LogP contribution in [0.1, 0.15) is 11.4 Å². The van der Waals surface area contributed by atoms with E-state index in [0.717, 1.165) is 15.6 Å². The summed E-state index contributed by atoms with van der Waals surface area (Å²) in [6.07, 6.45) is 1.19. The molecule has 2 heterocycles. The Balaban J connectivity index is 1.53. The Morgan fingerprint density at radius 3 is 2.95 bits per heavy atom. The van der Waals surface area contributed by atoms with Crippen molar-refractivity contribution in [2.45, 2.75) is 13.2 Å². The van der Waals surface area contributed by atoms with Crippen molar-refractivity contribution in [1.82, 2.24) is 20.3 Å². The molecule has 0 unspecified atom stereocenters. The number of fused-ring (bicyclic) bond motifs is 1. The predicted octanol–water partition coefficient (Wildman–Crippen LogP) is 3.15. The number of H-pyrrole nitrogens is 1. The molecular formula is C15H13BrN4O2. The van der Waals surface area contributed by atoms with Gasteiger partial charge >= 0.3 is 6.09 Å². The van der Waals surface area contributed by atoms with Gasteiger partial charge in [-0.05, 0) is 27.6 Å². The van der Waals surface area contributed by atoms with Crippen molar-refractivity contribution < 1.29 is 9.53 Å². The number of alkyl carbamates (subject to hydrolysis) is 1. The average Bonchev–Trinajstić information content (AvgIpc) is 2.94. The number of pyridine rings is 1. The number of carbonyl (C=O) groups is 1. The highest BCUT2D eigenvalue weighted by molar-refractivity contribution is 9.10. The number of nitrogens with one attached hydrogen (secondary N) is 2. The molecule has 0 atom stereocenters. The summed E-state index contributed by atoms with van der Waals surface area (Å²) >= 11 is 3.35. The molecule has 6 nitrogen and oxygen atoms in total. The molecule has 112 valence electrons. The smallest absolute Gasteiger partial charge is 0.407 e. The van der Waals surface area contributed by atoms with Gasteiger partial charge in [-0.25, -0.2) is 14.8 Å². The number of rotatable bonds is 4. The van der Waals surface area contributed by atoms with Crippen LogP contribution in [0.5, 0.6) is 0 Å². The van der Waals surface area contributed by atoms with E-state index >= 15 is 0 Å². The first kappa shape index (κ1) is 14.5. The van der Waals surface area contributed by atoms with Crippen molar-refractivity contribution in [1.29, 1.82) is 0 Å². The minimum atomic E-state index is -0.488. The van der Waals surface area contributed by atoms with Gasteiger partial charge in [0, 0.05) is 10.7 Å². The molecule has 0 saturated carbocycles. The van der Waals surface area contributed by atoms with Crippen LogP contribution < -0.4 is 5.32 Å². The van der Waals surface area contributed by atoms with E-state index in [1.165, 1.54) is 0 Å². The molecule has 2 aromatic heterocycles.